The highest BCUT2D eigenvalue weighted by atomic mass is 35.7. The number of rotatable bonds is 1. The van der Waals surface area contributed by atoms with E-state index in [1.807, 2.05) is 0 Å². The summed E-state index contributed by atoms with van der Waals surface area (Å²) in [6.07, 6.45) is 0. The van der Waals surface area contributed by atoms with Crippen LogP contribution >= 0.6 is 10.7 Å². The van der Waals surface area contributed by atoms with E-state index in [2.05, 4.69) is 10.7 Å². The third-order valence-electron chi connectivity index (χ3n) is 1.59. The molecule has 0 bridgehead atoms. The average molecular weight is 242 g/mol. The van der Waals surface area contributed by atoms with Gasteiger partial charge in [-0.1, -0.05) is 0 Å². The Labute approximate surface area is 75.8 Å². The third-order valence-corrected chi connectivity index (χ3v) is 3.05. The summed E-state index contributed by atoms with van der Waals surface area (Å²) < 4.78 is 70.3. The van der Waals surface area contributed by atoms with Gasteiger partial charge in [-0.15, -0.1) is 0 Å². The molecule has 1 fully saturated rings. The van der Waals surface area contributed by atoms with Gasteiger partial charge in [0, 0.05) is 10.7 Å². The van der Waals surface area contributed by atoms with Crippen molar-refractivity contribution in [1.29, 1.82) is 0 Å². The first-order chi connectivity index (χ1) is 5.56. The van der Waals surface area contributed by atoms with Crippen molar-refractivity contribution in [2.75, 3.05) is 13.1 Å². The van der Waals surface area contributed by atoms with Crippen LogP contribution in [0, 0.1) is 0 Å². The van der Waals surface area contributed by atoms with Gasteiger partial charge in [0.1, 0.15) is 0 Å². The first-order valence-corrected chi connectivity index (χ1v) is 5.28. The van der Waals surface area contributed by atoms with E-state index in [9.17, 15) is 26.0 Å². The molecule has 0 unspecified atom stereocenters. The fourth-order valence-corrected chi connectivity index (χ4v) is 1.81. The molecule has 0 spiro atoms. The predicted molar refractivity (Wildman–Crippen MR) is 36.2 cm³/mol. The molecule has 0 radical (unpaired) electrons. The second-order valence-corrected chi connectivity index (χ2v) is 5.13. The zero-order chi connectivity index (χ0) is 10.5. The van der Waals surface area contributed by atoms with Crippen molar-refractivity contribution < 1.29 is 26.0 Å². The van der Waals surface area contributed by atoms with Crippen molar-refractivity contribution in [3.63, 3.8) is 0 Å². The largest absolute Gasteiger partial charge is 0.325 e. The van der Waals surface area contributed by atoms with E-state index < -0.39 is 34.2 Å². The smallest absolute Gasteiger partial charge is 0.198 e. The minimum Gasteiger partial charge on any atom is -0.198 e. The highest BCUT2D eigenvalue weighted by Crippen LogP contribution is 2.42. The van der Waals surface area contributed by atoms with E-state index in [1.54, 1.807) is 0 Å². The highest BCUT2D eigenvalue weighted by molar-refractivity contribution is 8.11. The molecule has 9 heteroatoms. The van der Waals surface area contributed by atoms with E-state index in [-0.39, 0.29) is 4.31 Å². The number of nitrogens with zero attached hydrogens (tertiary/aromatic N) is 1. The molecule has 0 atom stereocenters. The fraction of sp³-hybridized carbons (Fsp3) is 1.00. The normalized spacial score (nSPS) is 27.8. The van der Waals surface area contributed by atoms with Gasteiger partial charge in [0.15, 0.2) is 0 Å². The maximum Gasteiger partial charge on any atom is 0.325 e. The van der Waals surface area contributed by atoms with Gasteiger partial charge in [-0.2, -0.15) is 30.3 Å². The molecule has 0 N–H and O–H groups in total. The lowest BCUT2D eigenvalue weighted by Gasteiger charge is -2.15. The summed E-state index contributed by atoms with van der Waals surface area (Å²) in [5.41, 5.74) is 0. The quantitative estimate of drug-likeness (QED) is 0.508. The standard InChI is InChI=1S/C4H4ClF4NO2S/c5-13(11,12)10-1-3(6,7)4(8,9)2-10/h1-2H2. The molecule has 1 aliphatic heterocycles. The van der Waals surface area contributed by atoms with Crippen LogP contribution < -0.4 is 0 Å². The van der Waals surface area contributed by atoms with Crippen LogP contribution in [0.5, 0.6) is 0 Å². The van der Waals surface area contributed by atoms with Gasteiger partial charge in [0.2, 0.25) is 0 Å². The van der Waals surface area contributed by atoms with E-state index in [0.717, 1.165) is 0 Å². The molecule has 3 nitrogen and oxygen atoms in total. The minimum absolute atomic E-state index is 0.158. The molecule has 1 saturated heterocycles. The second kappa shape index (κ2) is 2.71. The Kier molecular flexibility index (Phi) is 2.29. The van der Waals surface area contributed by atoms with E-state index >= 15 is 0 Å². The van der Waals surface area contributed by atoms with Crippen molar-refractivity contribution in [3.05, 3.63) is 0 Å². The first kappa shape index (κ1) is 11.0. The summed E-state index contributed by atoms with van der Waals surface area (Å²) in [6.45, 7) is -3.16. The number of hydrogen-bond acceptors (Lipinski definition) is 2. The first-order valence-electron chi connectivity index (χ1n) is 3.02. The van der Waals surface area contributed by atoms with E-state index in [1.165, 1.54) is 0 Å². The lowest BCUT2D eigenvalue weighted by molar-refractivity contribution is -0.172. The molecule has 78 valence electrons. The Balaban J connectivity index is 2.96. The zero-order valence-corrected chi connectivity index (χ0v) is 7.55. The molecule has 0 aromatic heterocycles. The molecule has 0 saturated carbocycles. The Morgan fingerprint density at radius 3 is 1.54 bits per heavy atom. The van der Waals surface area contributed by atoms with Gasteiger partial charge >= 0.3 is 11.8 Å². The van der Waals surface area contributed by atoms with Crippen LogP contribution in [0.1, 0.15) is 0 Å². The summed E-state index contributed by atoms with van der Waals surface area (Å²) in [7, 11) is 0.126. The van der Waals surface area contributed by atoms with Gasteiger partial charge in [-0.3, -0.25) is 0 Å². The van der Waals surface area contributed by atoms with E-state index in [0.29, 0.717) is 0 Å². The Bertz CT molecular complexity index is 300. The number of hydrogen-bond donors (Lipinski definition) is 0. The summed E-state index contributed by atoms with van der Waals surface area (Å²) in [5.74, 6) is -8.70. The molecular formula is C4H4ClF4NO2S. The molecule has 0 amide bonds. The Morgan fingerprint density at radius 1 is 1.08 bits per heavy atom. The molecule has 0 aromatic carbocycles. The molecule has 1 heterocycles. The molecule has 1 aliphatic rings. The van der Waals surface area contributed by atoms with Crippen molar-refractivity contribution in [1.82, 2.24) is 4.31 Å². The third kappa shape index (κ3) is 1.89. The highest BCUT2D eigenvalue weighted by Gasteiger charge is 2.64. The molecule has 1 rings (SSSR count). The molecule has 0 aromatic rings. The minimum atomic E-state index is -4.50. The van der Waals surface area contributed by atoms with E-state index in [4.69, 9.17) is 0 Å². The fourth-order valence-electron chi connectivity index (χ4n) is 0.884. The van der Waals surface area contributed by atoms with Crippen LogP contribution in [0.15, 0.2) is 0 Å². The lowest BCUT2D eigenvalue weighted by Crippen LogP contribution is -2.38. The molecule has 13 heavy (non-hydrogen) atoms. The SMILES string of the molecule is O=S(=O)(Cl)N1CC(F)(F)C(F)(F)C1. The lowest BCUT2D eigenvalue weighted by atomic mass is 10.2. The summed E-state index contributed by atoms with van der Waals surface area (Å²) in [6, 6.07) is 0. The van der Waals surface area contributed by atoms with Crippen LogP contribution in [0.25, 0.3) is 0 Å². The Hall–Kier alpha value is -0.0800. The van der Waals surface area contributed by atoms with Crippen LogP contribution in [-0.4, -0.2) is 37.7 Å². The van der Waals surface area contributed by atoms with Gasteiger partial charge in [-0.05, 0) is 0 Å². The van der Waals surface area contributed by atoms with Gasteiger partial charge in [0.25, 0.3) is 9.24 Å². The average Bonchev–Trinajstić information content (AvgIpc) is 2.00. The van der Waals surface area contributed by atoms with Crippen molar-refractivity contribution >= 4 is 19.9 Å². The zero-order valence-electron chi connectivity index (χ0n) is 5.98. The summed E-state index contributed by atoms with van der Waals surface area (Å²) in [5, 5.41) is 0. The summed E-state index contributed by atoms with van der Waals surface area (Å²) in [4.78, 5) is 0. The molecular weight excluding hydrogens is 238 g/mol. The molecule has 0 aliphatic carbocycles. The van der Waals surface area contributed by atoms with Crippen LogP contribution in [0.4, 0.5) is 17.6 Å². The Morgan fingerprint density at radius 2 is 1.38 bits per heavy atom. The van der Waals surface area contributed by atoms with Crippen LogP contribution in [0.2, 0.25) is 0 Å². The predicted octanol–water partition coefficient (Wildman–Crippen LogP) is 1.06. The van der Waals surface area contributed by atoms with Gasteiger partial charge < -0.3 is 0 Å². The van der Waals surface area contributed by atoms with Gasteiger partial charge in [-0.25, -0.2) is 0 Å². The van der Waals surface area contributed by atoms with Crippen LogP contribution in [0.3, 0.4) is 0 Å². The maximum atomic E-state index is 12.4. The van der Waals surface area contributed by atoms with Crippen molar-refractivity contribution in [2.45, 2.75) is 11.8 Å². The van der Waals surface area contributed by atoms with Crippen molar-refractivity contribution in [3.8, 4) is 0 Å². The topological polar surface area (TPSA) is 37.4 Å². The van der Waals surface area contributed by atoms with Crippen molar-refractivity contribution in [2.24, 2.45) is 0 Å². The number of halogens is 5. The van der Waals surface area contributed by atoms with Crippen LogP contribution in [-0.2, 0) is 9.24 Å². The van der Waals surface area contributed by atoms with Gasteiger partial charge in [0.05, 0.1) is 13.1 Å². The number of alkyl halides is 4. The second-order valence-electron chi connectivity index (χ2n) is 2.62. The maximum absolute atomic E-state index is 12.4. The summed E-state index contributed by atoms with van der Waals surface area (Å²) >= 11 is 0. The monoisotopic (exact) mass is 241 g/mol.